The van der Waals surface area contributed by atoms with Crippen molar-refractivity contribution < 1.29 is 13.5 Å². The number of thiophene rings is 1. The second kappa shape index (κ2) is 5.79. The van der Waals surface area contributed by atoms with E-state index in [4.69, 9.17) is 5.11 Å². The maximum Gasteiger partial charge on any atom is 0.245 e. The first-order chi connectivity index (χ1) is 8.86. The normalized spacial score (nSPS) is 22.8. The molecule has 2 heterocycles. The van der Waals surface area contributed by atoms with Crippen LogP contribution in [0.25, 0.3) is 0 Å². The molecule has 1 saturated heterocycles. The van der Waals surface area contributed by atoms with Crippen LogP contribution in [0.1, 0.15) is 11.8 Å². The fraction of sp³-hybridized carbons (Fsp3) is 0.636. The van der Waals surface area contributed by atoms with E-state index in [2.05, 4.69) is 20.8 Å². The summed E-state index contributed by atoms with van der Waals surface area (Å²) in [6.45, 7) is 3.60. The van der Waals surface area contributed by atoms with Crippen LogP contribution < -0.4 is 0 Å². The van der Waals surface area contributed by atoms with Gasteiger partial charge in [-0.3, -0.25) is 0 Å². The van der Waals surface area contributed by atoms with Crippen molar-refractivity contribution >= 4 is 37.3 Å². The number of rotatable bonds is 3. The summed E-state index contributed by atoms with van der Waals surface area (Å²) in [6, 6.07) is 1.76. The summed E-state index contributed by atoms with van der Waals surface area (Å²) in [6.07, 6.45) is 0. The second-order valence-electron chi connectivity index (χ2n) is 4.70. The molecule has 19 heavy (non-hydrogen) atoms. The number of piperazine rings is 1. The lowest BCUT2D eigenvalue weighted by Gasteiger charge is -2.36. The Bertz CT molecular complexity index is 558. The Morgan fingerprint density at radius 1 is 1.53 bits per heavy atom. The van der Waals surface area contributed by atoms with Gasteiger partial charge in [0.05, 0.1) is 10.4 Å². The molecule has 8 heteroatoms. The van der Waals surface area contributed by atoms with Crippen LogP contribution in [0.2, 0.25) is 0 Å². The molecule has 1 N–H and O–H groups in total. The Hall–Kier alpha value is 0.01000. The van der Waals surface area contributed by atoms with Crippen molar-refractivity contribution in [1.82, 2.24) is 9.21 Å². The summed E-state index contributed by atoms with van der Waals surface area (Å²) in [4.78, 5) is 3.05. The topological polar surface area (TPSA) is 60.9 Å². The van der Waals surface area contributed by atoms with E-state index in [9.17, 15) is 8.42 Å². The number of hydrogen-bond donors (Lipinski definition) is 1. The monoisotopic (exact) mass is 368 g/mol. The Balaban J connectivity index is 2.29. The van der Waals surface area contributed by atoms with Crippen molar-refractivity contribution in [3.8, 4) is 0 Å². The highest BCUT2D eigenvalue weighted by Crippen LogP contribution is 2.34. The van der Waals surface area contributed by atoms with E-state index < -0.39 is 10.0 Å². The molecule has 5 nitrogen and oxygen atoms in total. The predicted octanol–water partition coefficient (Wildman–Crippen LogP) is 1.33. The SMILES string of the molecule is CC1CN(S(=O)(=O)c2cc(CO)sc2Br)CCN1C. The van der Waals surface area contributed by atoms with Crippen LogP contribution in [0, 0.1) is 0 Å². The van der Waals surface area contributed by atoms with Crippen molar-refractivity contribution in [2.75, 3.05) is 26.7 Å². The molecule has 0 radical (unpaired) electrons. The van der Waals surface area contributed by atoms with E-state index in [1.54, 1.807) is 6.07 Å². The van der Waals surface area contributed by atoms with E-state index in [0.29, 0.717) is 21.8 Å². The first-order valence-corrected chi connectivity index (χ1v) is 9.00. The van der Waals surface area contributed by atoms with E-state index in [1.807, 2.05) is 14.0 Å². The Kier molecular flexibility index (Phi) is 4.69. The molecule has 1 aromatic heterocycles. The smallest absolute Gasteiger partial charge is 0.245 e. The maximum atomic E-state index is 12.6. The highest BCUT2D eigenvalue weighted by atomic mass is 79.9. The molecule has 1 aromatic rings. The molecule has 0 aromatic carbocycles. The molecular formula is C11H17BrN2O3S2. The van der Waals surface area contributed by atoms with Crippen molar-refractivity contribution in [1.29, 1.82) is 0 Å². The standard InChI is InChI=1S/C11H17BrN2O3S2/c1-8-6-14(4-3-13(8)2)19(16,17)10-5-9(7-15)18-11(10)12/h5,8,15H,3-4,6-7H2,1-2H3. The van der Waals surface area contributed by atoms with E-state index >= 15 is 0 Å². The minimum absolute atomic E-state index is 0.141. The van der Waals surface area contributed by atoms with Crippen LogP contribution in [-0.2, 0) is 16.6 Å². The minimum Gasteiger partial charge on any atom is -0.391 e. The number of halogens is 1. The summed E-state index contributed by atoms with van der Waals surface area (Å²) < 4.78 is 27.3. The molecule has 1 aliphatic rings. The lowest BCUT2D eigenvalue weighted by molar-refractivity contribution is 0.159. The maximum absolute atomic E-state index is 12.6. The Morgan fingerprint density at radius 3 is 2.74 bits per heavy atom. The third-order valence-electron chi connectivity index (χ3n) is 3.40. The van der Waals surface area contributed by atoms with Gasteiger partial charge in [-0.25, -0.2) is 8.42 Å². The molecule has 1 aliphatic heterocycles. The molecule has 0 bridgehead atoms. The number of likely N-dealkylation sites (N-methyl/N-ethyl adjacent to an activating group) is 1. The van der Waals surface area contributed by atoms with Gasteiger partial charge in [-0.05, 0) is 36.0 Å². The molecule has 0 amide bonds. The van der Waals surface area contributed by atoms with Crippen LogP contribution in [0.5, 0.6) is 0 Å². The van der Waals surface area contributed by atoms with Gasteiger partial charge in [-0.15, -0.1) is 11.3 Å². The average molecular weight is 369 g/mol. The number of hydrogen-bond acceptors (Lipinski definition) is 5. The third-order valence-corrected chi connectivity index (χ3v) is 7.50. The largest absolute Gasteiger partial charge is 0.391 e. The van der Waals surface area contributed by atoms with Crippen LogP contribution in [0.3, 0.4) is 0 Å². The number of nitrogens with zero attached hydrogens (tertiary/aromatic N) is 2. The summed E-state index contributed by atoms with van der Waals surface area (Å²) in [5.41, 5.74) is 0. The summed E-state index contributed by atoms with van der Waals surface area (Å²) in [5, 5.41) is 9.10. The van der Waals surface area contributed by atoms with Crippen molar-refractivity contribution in [2.24, 2.45) is 0 Å². The van der Waals surface area contributed by atoms with Crippen LogP contribution >= 0.6 is 27.3 Å². The average Bonchev–Trinajstić information content (AvgIpc) is 2.74. The lowest BCUT2D eigenvalue weighted by atomic mass is 10.2. The van der Waals surface area contributed by atoms with E-state index in [0.717, 1.165) is 6.54 Å². The second-order valence-corrected chi connectivity index (χ2v) is 9.06. The van der Waals surface area contributed by atoms with Crippen molar-refractivity contribution in [3.05, 3.63) is 14.7 Å². The Labute approximate surface area is 126 Å². The number of sulfonamides is 1. The Morgan fingerprint density at radius 2 is 2.21 bits per heavy atom. The number of aliphatic hydroxyl groups excluding tert-OH is 1. The molecular weight excluding hydrogens is 352 g/mol. The zero-order valence-electron chi connectivity index (χ0n) is 10.8. The predicted molar refractivity (Wildman–Crippen MR) is 78.8 cm³/mol. The van der Waals surface area contributed by atoms with Gasteiger partial charge in [0.2, 0.25) is 10.0 Å². The highest BCUT2D eigenvalue weighted by molar-refractivity contribution is 9.11. The van der Waals surface area contributed by atoms with Crippen molar-refractivity contribution in [3.63, 3.8) is 0 Å². The molecule has 0 spiro atoms. The minimum atomic E-state index is -3.48. The fourth-order valence-electron chi connectivity index (χ4n) is 2.02. The molecule has 0 aliphatic carbocycles. The van der Waals surface area contributed by atoms with Gasteiger partial charge >= 0.3 is 0 Å². The molecule has 0 saturated carbocycles. The van der Waals surface area contributed by atoms with Gasteiger partial charge in [0, 0.05) is 30.6 Å². The highest BCUT2D eigenvalue weighted by Gasteiger charge is 2.32. The molecule has 1 unspecified atom stereocenters. The fourth-order valence-corrected chi connectivity index (χ4v) is 6.03. The summed E-state index contributed by atoms with van der Waals surface area (Å²) in [7, 11) is -1.48. The molecule has 1 fully saturated rings. The van der Waals surface area contributed by atoms with Gasteiger partial charge < -0.3 is 10.0 Å². The van der Waals surface area contributed by atoms with Gasteiger partial charge in [-0.2, -0.15) is 4.31 Å². The van der Waals surface area contributed by atoms with E-state index in [-0.39, 0.29) is 17.5 Å². The summed E-state index contributed by atoms with van der Waals surface area (Å²) in [5.74, 6) is 0. The first-order valence-electron chi connectivity index (χ1n) is 5.95. The van der Waals surface area contributed by atoms with Gasteiger partial charge in [0.15, 0.2) is 0 Å². The quantitative estimate of drug-likeness (QED) is 0.873. The first kappa shape index (κ1) is 15.4. The van der Waals surface area contributed by atoms with Gasteiger partial charge in [-0.1, -0.05) is 0 Å². The third kappa shape index (κ3) is 3.03. The zero-order valence-corrected chi connectivity index (χ0v) is 14.1. The van der Waals surface area contributed by atoms with Gasteiger partial charge in [0.1, 0.15) is 4.90 Å². The van der Waals surface area contributed by atoms with Crippen LogP contribution in [0.15, 0.2) is 14.7 Å². The van der Waals surface area contributed by atoms with Crippen LogP contribution in [-0.4, -0.2) is 55.5 Å². The van der Waals surface area contributed by atoms with Gasteiger partial charge in [0.25, 0.3) is 0 Å². The number of aliphatic hydroxyl groups is 1. The van der Waals surface area contributed by atoms with Crippen molar-refractivity contribution in [2.45, 2.75) is 24.5 Å². The van der Waals surface area contributed by atoms with E-state index in [1.165, 1.54) is 15.6 Å². The lowest BCUT2D eigenvalue weighted by Crippen LogP contribution is -2.51. The molecule has 108 valence electrons. The van der Waals surface area contributed by atoms with Crippen LogP contribution in [0.4, 0.5) is 0 Å². The molecule has 2 rings (SSSR count). The summed E-state index contributed by atoms with van der Waals surface area (Å²) >= 11 is 4.54. The zero-order chi connectivity index (χ0) is 14.2. The molecule has 1 atom stereocenters.